The van der Waals surface area contributed by atoms with E-state index in [1.807, 2.05) is 6.92 Å². The highest BCUT2D eigenvalue weighted by Gasteiger charge is 2.20. The zero-order valence-corrected chi connectivity index (χ0v) is 12.8. The van der Waals surface area contributed by atoms with Gasteiger partial charge in [-0.2, -0.15) is 0 Å². The Labute approximate surface area is 124 Å². The number of carbonyl (C=O) groups excluding carboxylic acids is 1. The molecule has 0 saturated carbocycles. The fraction of sp³-hybridized carbons (Fsp3) is 0.429. The van der Waals surface area contributed by atoms with Crippen LogP contribution < -0.4 is 20.5 Å². The van der Waals surface area contributed by atoms with Crippen molar-refractivity contribution in [2.24, 2.45) is 11.7 Å². The van der Waals surface area contributed by atoms with E-state index in [-0.39, 0.29) is 10.9 Å². The molecule has 1 unspecified atom stereocenters. The van der Waals surface area contributed by atoms with Crippen LogP contribution in [0.4, 0.5) is 5.69 Å². The summed E-state index contributed by atoms with van der Waals surface area (Å²) >= 11 is 4.94. The second kappa shape index (κ2) is 7.69. The number of hydrogen-bond donors (Lipinski definition) is 2. The lowest BCUT2D eigenvalue weighted by Gasteiger charge is -2.15. The molecule has 0 heterocycles. The van der Waals surface area contributed by atoms with Crippen LogP contribution in [0.25, 0.3) is 0 Å². The lowest BCUT2D eigenvalue weighted by atomic mass is 10.0. The minimum Gasteiger partial charge on any atom is -0.493 e. The lowest BCUT2D eigenvalue weighted by Crippen LogP contribution is -2.33. The first kappa shape index (κ1) is 16.2. The number of methoxy groups -OCH3 is 2. The molecule has 0 radical (unpaired) electrons. The Bertz CT molecular complexity index is 491. The van der Waals surface area contributed by atoms with E-state index in [1.54, 1.807) is 32.4 Å². The number of thiocarbonyl (C=S) groups is 1. The number of rotatable bonds is 7. The van der Waals surface area contributed by atoms with Crippen molar-refractivity contribution in [1.29, 1.82) is 0 Å². The van der Waals surface area contributed by atoms with Crippen LogP contribution in [0.2, 0.25) is 0 Å². The molecule has 1 atom stereocenters. The van der Waals surface area contributed by atoms with Gasteiger partial charge in [-0.1, -0.05) is 25.6 Å². The molecule has 110 valence electrons. The van der Waals surface area contributed by atoms with Crippen LogP contribution in [0.1, 0.15) is 19.8 Å². The lowest BCUT2D eigenvalue weighted by molar-refractivity contribution is -0.118. The fourth-order valence-electron chi connectivity index (χ4n) is 1.83. The first-order chi connectivity index (χ1) is 9.53. The largest absolute Gasteiger partial charge is 0.493 e. The van der Waals surface area contributed by atoms with Crippen molar-refractivity contribution in [2.75, 3.05) is 19.5 Å². The van der Waals surface area contributed by atoms with E-state index in [2.05, 4.69) is 5.32 Å². The van der Waals surface area contributed by atoms with E-state index < -0.39 is 5.92 Å². The molecule has 0 aliphatic heterocycles. The third-order valence-electron chi connectivity index (χ3n) is 2.89. The summed E-state index contributed by atoms with van der Waals surface area (Å²) in [6.45, 7) is 1.98. The highest BCUT2D eigenvalue weighted by molar-refractivity contribution is 7.80. The molecule has 1 aromatic carbocycles. The Balaban J connectivity index is 2.86. The van der Waals surface area contributed by atoms with E-state index in [0.717, 1.165) is 6.42 Å². The number of ether oxygens (including phenoxy) is 2. The van der Waals surface area contributed by atoms with Gasteiger partial charge in [0.25, 0.3) is 0 Å². The van der Waals surface area contributed by atoms with Crippen molar-refractivity contribution < 1.29 is 14.3 Å². The molecule has 0 bridgehead atoms. The van der Waals surface area contributed by atoms with Crippen molar-refractivity contribution in [3.8, 4) is 11.5 Å². The smallest absolute Gasteiger partial charge is 0.234 e. The quantitative estimate of drug-likeness (QED) is 0.756. The van der Waals surface area contributed by atoms with Gasteiger partial charge in [0, 0.05) is 11.8 Å². The molecule has 1 amide bonds. The monoisotopic (exact) mass is 296 g/mol. The highest BCUT2D eigenvalue weighted by Crippen LogP contribution is 2.30. The van der Waals surface area contributed by atoms with Crippen LogP contribution in [0.5, 0.6) is 11.5 Å². The van der Waals surface area contributed by atoms with Crippen LogP contribution in [-0.2, 0) is 4.79 Å². The third kappa shape index (κ3) is 4.09. The standard InChI is InChI=1S/C14H20N2O3S/c1-4-5-10(13(15)20)14(17)16-9-6-7-11(18-2)12(8-9)19-3/h6-8,10H,4-5H2,1-3H3,(H2,15,20)(H,16,17). The molecule has 0 aliphatic rings. The normalized spacial score (nSPS) is 11.6. The Hall–Kier alpha value is -1.82. The van der Waals surface area contributed by atoms with Crippen molar-refractivity contribution in [3.05, 3.63) is 18.2 Å². The molecule has 0 fully saturated rings. The molecular formula is C14H20N2O3S. The predicted octanol–water partition coefficient (Wildman–Crippen LogP) is 2.34. The maximum atomic E-state index is 12.1. The fourth-order valence-corrected chi connectivity index (χ4v) is 2.06. The summed E-state index contributed by atoms with van der Waals surface area (Å²) in [5.74, 6) is 0.493. The van der Waals surface area contributed by atoms with Crippen LogP contribution >= 0.6 is 12.2 Å². The summed E-state index contributed by atoms with van der Waals surface area (Å²) in [7, 11) is 3.10. The molecule has 3 N–H and O–H groups in total. The van der Waals surface area contributed by atoms with E-state index in [4.69, 9.17) is 27.4 Å². The van der Waals surface area contributed by atoms with Gasteiger partial charge >= 0.3 is 0 Å². The summed E-state index contributed by atoms with van der Waals surface area (Å²) in [4.78, 5) is 12.4. The van der Waals surface area contributed by atoms with Gasteiger partial charge in [-0.05, 0) is 18.6 Å². The van der Waals surface area contributed by atoms with E-state index >= 15 is 0 Å². The van der Waals surface area contributed by atoms with Crippen LogP contribution in [0.15, 0.2) is 18.2 Å². The number of nitrogens with two attached hydrogens (primary N) is 1. The number of nitrogens with one attached hydrogen (secondary N) is 1. The Morgan fingerprint density at radius 2 is 2.00 bits per heavy atom. The van der Waals surface area contributed by atoms with Crippen molar-refractivity contribution >= 4 is 28.8 Å². The van der Waals surface area contributed by atoms with Crippen molar-refractivity contribution in [1.82, 2.24) is 0 Å². The Kier molecular flexibility index (Phi) is 6.24. The summed E-state index contributed by atoms with van der Waals surface area (Å²) in [6.07, 6.45) is 1.47. The van der Waals surface area contributed by atoms with E-state index in [0.29, 0.717) is 23.6 Å². The summed E-state index contributed by atoms with van der Waals surface area (Å²) in [5, 5.41) is 2.79. The average Bonchev–Trinajstić information content (AvgIpc) is 2.43. The van der Waals surface area contributed by atoms with Gasteiger partial charge in [-0.15, -0.1) is 0 Å². The molecule has 0 saturated heterocycles. The topological polar surface area (TPSA) is 73.6 Å². The molecular weight excluding hydrogens is 276 g/mol. The first-order valence-corrected chi connectivity index (χ1v) is 6.76. The van der Waals surface area contributed by atoms with Crippen LogP contribution in [-0.4, -0.2) is 25.1 Å². The molecule has 1 rings (SSSR count). The molecule has 0 aromatic heterocycles. The van der Waals surface area contributed by atoms with E-state index in [9.17, 15) is 4.79 Å². The van der Waals surface area contributed by atoms with Crippen molar-refractivity contribution in [2.45, 2.75) is 19.8 Å². The van der Waals surface area contributed by atoms with Crippen molar-refractivity contribution in [3.63, 3.8) is 0 Å². The number of carbonyl (C=O) groups is 1. The zero-order chi connectivity index (χ0) is 15.1. The molecule has 20 heavy (non-hydrogen) atoms. The highest BCUT2D eigenvalue weighted by atomic mass is 32.1. The Morgan fingerprint density at radius 3 is 2.50 bits per heavy atom. The molecule has 0 aliphatic carbocycles. The maximum Gasteiger partial charge on any atom is 0.234 e. The second-order valence-corrected chi connectivity index (χ2v) is 4.77. The van der Waals surface area contributed by atoms with Crippen LogP contribution in [0.3, 0.4) is 0 Å². The minimum atomic E-state index is -0.455. The van der Waals surface area contributed by atoms with Gasteiger partial charge < -0.3 is 20.5 Å². The van der Waals surface area contributed by atoms with Gasteiger partial charge in [0.05, 0.1) is 25.1 Å². The second-order valence-electron chi connectivity index (χ2n) is 4.30. The van der Waals surface area contributed by atoms with Gasteiger partial charge in [0.1, 0.15) is 0 Å². The SMILES string of the molecule is CCCC(C(=O)Nc1ccc(OC)c(OC)c1)C(N)=S. The molecule has 0 spiro atoms. The molecule has 6 heteroatoms. The average molecular weight is 296 g/mol. The Morgan fingerprint density at radius 1 is 1.35 bits per heavy atom. The van der Waals surface area contributed by atoms with Gasteiger partial charge in [0.15, 0.2) is 11.5 Å². The van der Waals surface area contributed by atoms with Gasteiger partial charge in [-0.25, -0.2) is 0 Å². The maximum absolute atomic E-state index is 12.1. The van der Waals surface area contributed by atoms with Gasteiger partial charge in [-0.3, -0.25) is 4.79 Å². The zero-order valence-electron chi connectivity index (χ0n) is 11.9. The summed E-state index contributed by atoms with van der Waals surface area (Å²) in [6, 6.07) is 5.16. The number of anilines is 1. The number of hydrogen-bond acceptors (Lipinski definition) is 4. The molecule has 5 nitrogen and oxygen atoms in total. The summed E-state index contributed by atoms with van der Waals surface area (Å²) in [5.41, 5.74) is 6.22. The van der Waals surface area contributed by atoms with E-state index in [1.165, 1.54) is 0 Å². The third-order valence-corrected chi connectivity index (χ3v) is 3.17. The predicted molar refractivity (Wildman–Crippen MR) is 83.4 cm³/mol. The number of benzene rings is 1. The first-order valence-electron chi connectivity index (χ1n) is 6.35. The minimum absolute atomic E-state index is 0.202. The number of amides is 1. The molecule has 1 aromatic rings. The van der Waals surface area contributed by atoms with Gasteiger partial charge in [0.2, 0.25) is 5.91 Å². The van der Waals surface area contributed by atoms with Crippen LogP contribution in [0, 0.1) is 5.92 Å². The summed E-state index contributed by atoms with van der Waals surface area (Å²) < 4.78 is 10.3.